The van der Waals surface area contributed by atoms with Crippen molar-refractivity contribution in [2.24, 2.45) is 0 Å². The Morgan fingerprint density at radius 3 is 2.61 bits per heavy atom. The van der Waals surface area contributed by atoms with Crippen LogP contribution < -0.4 is 4.90 Å². The van der Waals surface area contributed by atoms with Crippen molar-refractivity contribution in [3.05, 3.63) is 88.8 Å². The topological polar surface area (TPSA) is 53.8 Å². The third kappa shape index (κ3) is 3.17. The largest absolute Gasteiger partial charge is 0.459 e. The molecule has 1 saturated heterocycles. The minimum absolute atomic E-state index is 0.135. The van der Waals surface area contributed by atoms with E-state index in [1.54, 1.807) is 28.0 Å². The molecule has 0 aliphatic carbocycles. The molecule has 1 atom stereocenters. The normalized spacial score (nSPS) is 21.7. The molecule has 0 saturated carbocycles. The van der Waals surface area contributed by atoms with Crippen LogP contribution in [0.2, 0.25) is 5.02 Å². The lowest BCUT2D eigenvalue weighted by atomic mass is 10.0. The third-order valence-electron chi connectivity index (χ3n) is 5.65. The third-order valence-corrected chi connectivity index (χ3v) is 7.48. The first-order valence-corrected chi connectivity index (χ1v) is 11.2. The average molecular weight is 453 g/mol. The van der Waals surface area contributed by atoms with Gasteiger partial charge < -0.3 is 14.2 Å². The molecule has 0 N–H and O–H groups in total. The molecule has 3 heterocycles. The Labute approximate surface area is 190 Å². The average Bonchev–Trinajstić information content (AvgIpc) is 3.43. The molecule has 7 heteroatoms. The summed E-state index contributed by atoms with van der Waals surface area (Å²) >= 11 is 7.88. The van der Waals surface area contributed by atoms with E-state index in [-0.39, 0.29) is 22.3 Å². The van der Waals surface area contributed by atoms with E-state index in [1.165, 1.54) is 18.0 Å². The van der Waals surface area contributed by atoms with Crippen molar-refractivity contribution in [1.82, 2.24) is 4.90 Å². The second kappa shape index (κ2) is 7.18. The highest BCUT2D eigenvalue weighted by Crippen LogP contribution is 2.60. The standard InChI is InChI=1S/C24H21ClN2O3S/c1-23(2)15-27(21(28)20-9-6-12-30-20)24(31-23)18-13-17(25)10-11-19(18)26(22(24)29)14-16-7-4-3-5-8-16/h3-13H,14-15H2,1-2H3. The van der Waals surface area contributed by atoms with E-state index in [1.807, 2.05) is 56.3 Å². The highest BCUT2D eigenvalue weighted by molar-refractivity contribution is 8.02. The first kappa shape index (κ1) is 20.2. The fraction of sp³-hybridized carbons (Fsp3) is 0.250. The van der Waals surface area contributed by atoms with Gasteiger partial charge in [-0.05, 0) is 49.7 Å². The van der Waals surface area contributed by atoms with Gasteiger partial charge >= 0.3 is 0 Å². The number of rotatable bonds is 3. The van der Waals surface area contributed by atoms with Gasteiger partial charge in [0.25, 0.3) is 11.8 Å². The van der Waals surface area contributed by atoms with Crippen LogP contribution in [0.15, 0.2) is 71.3 Å². The van der Waals surface area contributed by atoms with Crippen molar-refractivity contribution in [2.75, 3.05) is 11.4 Å². The fourth-order valence-electron chi connectivity index (χ4n) is 4.43. The molecular weight excluding hydrogens is 432 g/mol. The Morgan fingerprint density at radius 1 is 1.13 bits per heavy atom. The van der Waals surface area contributed by atoms with Crippen LogP contribution in [0.25, 0.3) is 0 Å². The number of thioether (sulfide) groups is 1. The molecule has 1 unspecified atom stereocenters. The van der Waals surface area contributed by atoms with Crippen molar-refractivity contribution in [3.8, 4) is 0 Å². The maximum Gasteiger partial charge on any atom is 0.291 e. The molecule has 1 aromatic heterocycles. The van der Waals surface area contributed by atoms with Crippen molar-refractivity contribution in [1.29, 1.82) is 0 Å². The lowest BCUT2D eigenvalue weighted by Gasteiger charge is -2.32. The van der Waals surface area contributed by atoms with Gasteiger partial charge in [0, 0.05) is 21.9 Å². The van der Waals surface area contributed by atoms with Crippen LogP contribution in [0.1, 0.15) is 35.5 Å². The van der Waals surface area contributed by atoms with Gasteiger partial charge in [0.05, 0.1) is 18.5 Å². The van der Waals surface area contributed by atoms with Crippen LogP contribution in [0.5, 0.6) is 0 Å². The van der Waals surface area contributed by atoms with Gasteiger partial charge in [0.1, 0.15) is 0 Å². The Balaban J connectivity index is 1.67. The van der Waals surface area contributed by atoms with Gasteiger partial charge in [-0.2, -0.15) is 0 Å². The number of hydrogen-bond acceptors (Lipinski definition) is 4. The SMILES string of the molecule is CC1(C)CN(C(=O)c2ccco2)C2(S1)C(=O)N(Cc1ccccc1)c1ccc(Cl)cc12. The molecule has 158 valence electrons. The quantitative estimate of drug-likeness (QED) is 0.541. The van der Waals surface area contributed by atoms with Crippen molar-refractivity contribution >= 4 is 40.9 Å². The summed E-state index contributed by atoms with van der Waals surface area (Å²) in [4.78, 5) is 29.8. The van der Waals surface area contributed by atoms with Gasteiger partial charge in [-0.3, -0.25) is 9.59 Å². The van der Waals surface area contributed by atoms with Gasteiger partial charge in [0.15, 0.2) is 10.6 Å². The summed E-state index contributed by atoms with van der Waals surface area (Å²) < 4.78 is 5.06. The number of hydrogen-bond donors (Lipinski definition) is 0. The van der Waals surface area contributed by atoms with E-state index in [2.05, 4.69) is 0 Å². The summed E-state index contributed by atoms with van der Waals surface area (Å²) in [7, 11) is 0. The van der Waals surface area contributed by atoms with Crippen LogP contribution >= 0.6 is 23.4 Å². The second-order valence-corrected chi connectivity index (χ2v) is 10.7. The first-order valence-electron chi connectivity index (χ1n) is 10.0. The van der Waals surface area contributed by atoms with Crippen LogP contribution in [-0.2, 0) is 16.2 Å². The number of carbonyl (C=O) groups excluding carboxylic acids is 2. The van der Waals surface area contributed by atoms with E-state index in [9.17, 15) is 9.59 Å². The number of furan rings is 1. The summed E-state index contributed by atoms with van der Waals surface area (Å²) in [6, 6.07) is 18.6. The smallest absolute Gasteiger partial charge is 0.291 e. The zero-order valence-corrected chi connectivity index (χ0v) is 18.7. The monoisotopic (exact) mass is 452 g/mol. The van der Waals surface area contributed by atoms with E-state index < -0.39 is 4.87 Å². The maximum atomic E-state index is 14.1. The summed E-state index contributed by atoms with van der Waals surface area (Å²) in [6.45, 7) is 4.92. The maximum absolute atomic E-state index is 14.1. The van der Waals surface area contributed by atoms with Crippen molar-refractivity contribution in [3.63, 3.8) is 0 Å². The Bertz CT molecular complexity index is 1160. The molecule has 31 heavy (non-hydrogen) atoms. The molecule has 0 bridgehead atoms. The zero-order chi connectivity index (χ0) is 21.8. The molecule has 5 nitrogen and oxygen atoms in total. The lowest BCUT2D eigenvalue weighted by Crippen LogP contribution is -2.50. The van der Waals surface area contributed by atoms with E-state index >= 15 is 0 Å². The van der Waals surface area contributed by atoms with Crippen molar-refractivity contribution < 1.29 is 14.0 Å². The van der Waals surface area contributed by atoms with Gasteiger partial charge in [-0.1, -0.05) is 41.9 Å². The van der Waals surface area contributed by atoms with Gasteiger partial charge in [-0.25, -0.2) is 0 Å². The van der Waals surface area contributed by atoms with E-state index in [4.69, 9.17) is 16.0 Å². The molecule has 1 fully saturated rings. The van der Waals surface area contributed by atoms with E-state index in [0.29, 0.717) is 18.1 Å². The molecule has 0 radical (unpaired) electrons. The number of nitrogens with zero attached hydrogens (tertiary/aromatic N) is 2. The molecule has 2 aliphatic heterocycles. The Morgan fingerprint density at radius 2 is 1.90 bits per heavy atom. The number of amides is 2. The fourth-order valence-corrected chi connectivity index (χ4v) is 6.33. The second-order valence-electron chi connectivity index (χ2n) is 8.41. The molecule has 2 aromatic carbocycles. The van der Waals surface area contributed by atoms with E-state index in [0.717, 1.165) is 16.8 Å². The molecule has 2 aliphatic rings. The summed E-state index contributed by atoms with van der Waals surface area (Å²) in [5.41, 5.74) is 2.54. The minimum atomic E-state index is -1.19. The summed E-state index contributed by atoms with van der Waals surface area (Å²) in [5, 5.41) is 0.531. The zero-order valence-electron chi connectivity index (χ0n) is 17.2. The summed E-state index contributed by atoms with van der Waals surface area (Å²) in [5.74, 6) is -0.219. The molecular formula is C24H21ClN2O3S. The van der Waals surface area contributed by atoms with Gasteiger partial charge in [-0.15, -0.1) is 11.8 Å². The Kier molecular flexibility index (Phi) is 4.68. The van der Waals surface area contributed by atoms with Crippen molar-refractivity contribution in [2.45, 2.75) is 30.0 Å². The number of fused-ring (bicyclic) bond motifs is 2. The number of carbonyl (C=O) groups is 2. The van der Waals surface area contributed by atoms with Gasteiger partial charge in [0.2, 0.25) is 0 Å². The first-order chi connectivity index (χ1) is 14.8. The molecule has 2 amide bonds. The highest BCUT2D eigenvalue weighted by Gasteiger charge is 2.64. The predicted octanol–water partition coefficient (Wildman–Crippen LogP) is 5.30. The van der Waals surface area contributed by atoms with Crippen LogP contribution in [0.4, 0.5) is 5.69 Å². The number of halogens is 1. The lowest BCUT2D eigenvalue weighted by molar-refractivity contribution is -0.123. The van der Waals surface area contributed by atoms with Crippen LogP contribution in [0.3, 0.4) is 0 Å². The molecule has 3 aromatic rings. The van der Waals surface area contributed by atoms with Crippen LogP contribution in [0, 0.1) is 0 Å². The Hall–Kier alpha value is -2.70. The minimum Gasteiger partial charge on any atom is -0.459 e. The molecule has 5 rings (SSSR count). The highest BCUT2D eigenvalue weighted by atomic mass is 35.5. The predicted molar refractivity (Wildman–Crippen MR) is 122 cm³/mol. The number of benzene rings is 2. The summed E-state index contributed by atoms with van der Waals surface area (Å²) in [6.07, 6.45) is 1.47. The number of anilines is 1. The van der Waals surface area contributed by atoms with Crippen LogP contribution in [-0.4, -0.2) is 28.0 Å². The molecule has 1 spiro atoms.